The Balaban J connectivity index is 3.43. The van der Waals surface area contributed by atoms with Crippen LogP contribution in [0.1, 0.15) is 78.8 Å². The molecule has 2 unspecified atom stereocenters. The minimum absolute atomic E-state index is 0.00457. The fourth-order valence-electron chi connectivity index (χ4n) is 3.66. The number of ether oxygens (including phenoxy) is 2. The van der Waals surface area contributed by atoms with Crippen molar-refractivity contribution in [2.24, 2.45) is 5.92 Å². The van der Waals surface area contributed by atoms with Crippen LogP contribution in [0.4, 0.5) is 4.79 Å². The normalized spacial score (nSPS) is 12.9. The third-order valence-electron chi connectivity index (χ3n) is 5.54. The topological polar surface area (TPSA) is 134 Å². The molecule has 0 bridgehead atoms. The van der Waals surface area contributed by atoms with E-state index >= 15 is 0 Å². The molecule has 208 valence electrons. The van der Waals surface area contributed by atoms with Crippen molar-refractivity contribution in [3.8, 4) is 5.75 Å². The van der Waals surface area contributed by atoms with E-state index in [4.69, 9.17) is 4.74 Å². The van der Waals surface area contributed by atoms with E-state index in [0.717, 1.165) is 19.3 Å². The van der Waals surface area contributed by atoms with Gasteiger partial charge in [-0.25, -0.2) is 4.79 Å². The van der Waals surface area contributed by atoms with E-state index in [-0.39, 0.29) is 24.8 Å². The highest BCUT2D eigenvalue weighted by atomic mass is 16.6. The first-order valence-electron chi connectivity index (χ1n) is 12.7. The Morgan fingerprint density at radius 1 is 1.03 bits per heavy atom. The minimum atomic E-state index is -1.11. The summed E-state index contributed by atoms with van der Waals surface area (Å²) in [7, 11) is 1.21. The number of rotatable bonds is 13. The molecule has 3 amide bonds. The zero-order valence-electron chi connectivity index (χ0n) is 23.1. The molecular weight excluding hydrogens is 478 g/mol. The number of alkyl carbamates (subject to hydrolysis) is 1. The van der Waals surface area contributed by atoms with Gasteiger partial charge in [-0.3, -0.25) is 14.4 Å². The Morgan fingerprint density at radius 2 is 1.65 bits per heavy atom. The largest absolute Gasteiger partial charge is 0.508 e. The summed E-state index contributed by atoms with van der Waals surface area (Å²) in [5, 5.41) is 15.0. The van der Waals surface area contributed by atoms with Gasteiger partial charge in [-0.2, -0.15) is 0 Å². The molecule has 1 aromatic rings. The van der Waals surface area contributed by atoms with Gasteiger partial charge in [0.25, 0.3) is 0 Å². The van der Waals surface area contributed by atoms with Gasteiger partial charge in [0.1, 0.15) is 30.0 Å². The Hall–Kier alpha value is -3.30. The molecule has 0 saturated carbocycles. The summed E-state index contributed by atoms with van der Waals surface area (Å²) >= 11 is 0. The number of nitrogens with one attached hydrogen (secondary N) is 2. The number of nitrogens with zero attached hydrogens (tertiary/aromatic N) is 1. The van der Waals surface area contributed by atoms with Crippen LogP contribution in [0, 0.1) is 5.92 Å². The number of esters is 1. The summed E-state index contributed by atoms with van der Waals surface area (Å²) in [4.78, 5) is 53.0. The van der Waals surface area contributed by atoms with Gasteiger partial charge in [0.15, 0.2) is 0 Å². The molecule has 0 aliphatic rings. The summed E-state index contributed by atoms with van der Waals surface area (Å²) in [5.74, 6) is -1.98. The SMILES string of the molecule is CCCCCCN(C(=O)C(NC(=O)OC(C)(C)C)C(C)C)C(C(=O)NCC(=O)OC)c1ccc(O)cc1. The second kappa shape index (κ2) is 15.1. The summed E-state index contributed by atoms with van der Waals surface area (Å²) in [6.45, 7) is 10.7. The highest BCUT2D eigenvalue weighted by Crippen LogP contribution is 2.26. The molecule has 1 rings (SSSR count). The van der Waals surface area contributed by atoms with E-state index < -0.39 is 41.6 Å². The predicted molar refractivity (Wildman–Crippen MR) is 140 cm³/mol. The lowest BCUT2D eigenvalue weighted by atomic mass is 9.98. The number of carbonyl (C=O) groups is 4. The first kappa shape index (κ1) is 31.7. The Kier molecular flexibility index (Phi) is 12.9. The van der Waals surface area contributed by atoms with E-state index in [1.807, 2.05) is 0 Å². The standard InChI is InChI=1S/C27H43N3O7/c1-8-9-10-11-16-30(25(34)22(18(2)3)29-26(35)37-27(4,5)6)23(19-12-14-20(31)15-13-19)24(33)28-17-21(32)36-7/h12-15,18,22-23,31H,8-11,16-17H2,1-7H3,(H,28,33)(H,29,35). The average molecular weight is 522 g/mol. The third-order valence-corrected chi connectivity index (χ3v) is 5.54. The number of methoxy groups -OCH3 is 1. The number of phenols is 1. The average Bonchev–Trinajstić information content (AvgIpc) is 2.82. The van der Waals surface area contributed by atoms with Crippen LogP contribution in [0.2, 0.25) is 0 Å². The maximum absolute atomic E-state index is 14.0. The van der Waals surface area contributed by atoms with Crippen LogP contribution in [-0.4, -0.2) is 65.7 Å². The van der Waals surface area contributed by atoms with Crippen LogP contribution < -0.4 is 10.6 Å². The maximum Gasteiger partial charge on any atom is 0.408 e. The fourth-order valence-corrected chi connectivity index (χ4v) is 3.66. The Labute approximate surface area is 220 Å². The van der Waals surface area contributed by atoms with Crippen molar-refractivity contribution < 1.29 is 33.8 Å². The highest BCUT2D eigenvalue weighted by Gasteiger charge is 2.37. The van der Waals surface area contributed by atoms with Crippen LogP contribution in [0.25, 0.3) is 0 Å². The van der Waals surface area contributed by atoms with E-state index in [1.165, 1.54) is 24.1 Å². The molecule has 10 nitrogen and oxygen atoms in total. The molecule has 0 fully saturated rings. The zero-order chi connectivity index (χ0) is 28.2. The van der Waals surface area contributed by atoms with Crippen molar-refractivity contribution in [2.45, 2.75) is 84.9 Å². The van der Waals surface area contributed by atoms with Gasteiger partial charge in [0, 0.05) is 6.54 Å². The van der Waals surface area contributed by atoms with Gasteiger partial charge in [0.2, 0.25) is 11.8 Å². The van der Waals surface area contributed by atoms with E-state index in [1.54, 1.807) is 46.8 Å². The molecule has 0 aliphatic heterocycles. The number of carbonyl (C=O) groups excluding carboxylic acids is 4. The molecule has 0 radical (unpaired) electrons. The number of benzene rings is 1. The number of hydrogen-bond acceptors (Lipinski definition) is 7. The number of phenolic OH excluding ortho intramolecular Hbond substituents is 1. The summed E-state index contributed by atoms with van der Waals surface area (Å²) in [6.07, 6.45) is 2.70. The quantitative estimate of drug-likeness (QED) is 0.266. The number of unbranched alkanes of at least 4 members (excludes halogenated alkanes) is 3. The second-order valence-electron chi connectivity index (χ2n) is 10.2. The first-order chi connectivity index (χ1) is 17.3. The number of amides is 3. The first-order valence-corrected chi connectivity index (χ1v) is 12.7. The Morgan fingerprint density at radius 3 is 2.16 bits per heavy atom. The van der Waals surface area contributed by atoms with Crippen molar-refractivity contribution in [3.63, 3.8) is 0 Å². The van der Waals surface area contributed by atoms with Gasteiger partial charge in [-0.15, -0.1) is 0 Å². The molecule has 3 N–H and O–H groups in total. The third kappa shape index (κ3) is 11.1. The van der Waals surface area contributed by atoms with Crippen LogP contribution in [0.3, 0.4) is 0 Å². The molecule has 1 aromatic carbocycles. The van der Waals surface area contributed by atoms with Crippen LogP contribution in [-0.2, 0) is 23.9 Å². The van der Waals surface area contributed by atoms with Crippen LogP contribution >= 0.6 is 0 Å². The molecule has 10 heteroatoms. The molecule has 0 aromatic heterocycles. The van der Waals surface area contributed by atoms with Crippen LogP contribution in [0.15, 0.2) is 24.3 Å². The van der Waals surface area contributed by atoms with Crippen molar-refractivity contribution in [1.29, 1.82) is 0 Å². The molecule has 0 heterocycles. The highest BCUT2D eigenvalue weighted by molar-refractivity contribution is 5.93. The number of aromatic hydroxyl groups is 1. The molecular formula is C27H43N3O7. The minimum Gasteiger partial charge on any atom is -0.508 e. The monoisotopic (exact) mass is 521 g/mol. The van der Waals surface area contributed by atoms with Gasteiger partial charge >= 0.3 is 12.1 Å². The molecule has 2 atom stereocenters. The zero-order valence-corrected chi connectivity index (χ0v) is 23.1. The fraction of sp³-hybridized carbons (Fsp3) is 0.630. The molecule has 0 aliphatic carbocycles. The summed E-state index contributed by atoms with van der Waals surface area (Å²) in [6, 6.07) is 3.88. The smallest absolute Gasteiger partial charge is 0.408 e. The van der Waals surface area contributed by atoms with Crippen molar-refractivity contribution in [2.75, 3.05) is 20.2 Å². The summed E-state index contributed by atoms with van der Waals surface area (Å²) in [5.41, 5.74) is -0.305. The molecule has 37 heavy (non-hydrogen) atoms. The van der Waals surface area contributed by atoms with Crippen molar-refractivity contribution in [1.82, 2.24) is 15.5 Å². The van der Waals surface area contributed by atoms with Gasteiger partial charge in [-0.1, -0.05) is 52.2 Å². The van der Waals surface area contributed by atoms with Gasteiger partial charge < -0.3 is 30.1 Å². The maximum atomic E-state index is 14.0. The van der Waals surface area contributed by atoms with E-state index in [2.05, 4.69) is 22.3 Å². The van der Waals surface area contributed by atoms with Gasteiger partial charge in [-0.05, 0) is 50.8 Å². The van der Waals surface area contributed by atoms with Crippen LogP contribution in [0.5, 0.6) is 5.75 Å². The molecule has 0 saturated heterocycles. The second-order valence-corrected chi connectivity index (χ2v) is 10.2. The number of hydrogen-bond donors (Lipinski definition) is 3. The van der Waals surface area contributed by atoms with Crippen molar-refractivity contribution >= 4 is 23.9 Å². The lowest BCUT2D eigenvalue weighted by Crippen LogP contribution is -2.55. The summed E-state index contributed by atoms with van der Waals surface area (Å²) < 4.78 is 9.99. The predicted octanol–water partition coefficient (Wildman–Crippen LogP) is 3.68. The van der Waals surface area contributed by atoms with E-state index in [9.17, 15) is 24.3 Å². The van der Waals surface area contributed by atoms with Gasteiger partial charge in [0.05, 0.1) is 7.11 Å². The van der Waals surface area contributed by atoms with E-state index in [0.29, 0.717) is 12.0 Å². The molecule has 0 spiro atoms. The lowest BCUT2D eigenvalue weighted by Gasteiger charge is -2.35. The van der Waals surface area contributed by atoms with Crippen molar-refractivity contribution in [3.05, 3.63) is 29.8 Å². The lowest BCUT2D eigenvalue weighted by molar-refractivity contribution is -0.145. The Bertz CT molecular complexity index is 894.